The Morgan fingerprint density at radius 2 is 1.75 bits per heavy atom. The first kappa shape index (κ1) is 20.1. The van der Waals surface area contributed by atoms with Crippen molar-refractivity contribution in [2.75, 3.05) is 22.7 Å². The van der Waals surface area contributed by atoms with Crippen LogP contribution in [-0.2, 0) is 14.8 Å². The monoisotopic (exact) mass is 407 g/mol. The lowest BCUT2D eigenvalue weighted by atomic mass is 10.2. The average molecular weight is 407 g/mol. The predicted octanol–water partition coefficient (Wildman–Crippen LogP) is 2.34. The van der Waals surface area contributed by atoms with E-state index in [1.807, 2.05) is 18.7 Å². The first-order valence-corrected chi connectivity index (χ1v) is 10.3. The van der Waals surface area contributed by atoms with E-state index in [4.69, 9.17) is 10.5 Å². The van der Waals surface area contributed by atoms with E-state index in [1.54, 1.807) is 6.07 Å². The van der Waals surface area contributed by atoms with Crippen LogP contribution in [-0.4, -0.2) is 39.6 Å². The molecular weight excluding hydrogens is 385 g/mol. The Balaban J connectivity index is 1.79. The minimum Gasteiger partial charge on any atom is -0.372 e. The van der Waals surface area contributed by atoms with Gasteiger partial charge in [-0.15, -0.1) is 0 Å². The number of ether oxygens (including phenoxy) is 1. The van der Waals surface area contributed by atoms with Crippen molar-refractivity contribution in [3.63, 3.8) is 0 Å². The van der Waals surface area contributed by atoms with Crippen LogP contribution in [0.25, 0.3) is 0 Å². The molecule has 0 bridgehead atoms. The fraction of sp³-hybridized carbons (Fsp3) is 0.316. The second kappa shape index (κ2) is 7.76. The van der Waals surface area contributed by atoms with Gasteiger partial charge in [0.25, 0.3) is 10.0 Å². The van der Waals surface area contributed by atoms with Gasteiger partial charge in [0.1, 0.15) is 5.82 Å². The summed E-state index contributed by atoms with van der Waals surface area (Å²) in [5.41, 5.74) is 5.85. The number of carbonyl (C=O) groups is 1. The molecule has 1 aliphatic heterocycles. The van der Waals surface area contributed by atoms with Crippen LogP contribution in [0.3, 0.4) is 0 Å². The number of sulfonamides is 1. The molecule has 1 amide bonds. The Hall–Kier alpha value is -2.65. The summed E-state index contributed by atoms with van der Waals surface area (Å²) in [6, 6.07) is 9.39. The molecule has 150 valence electrons. The molecule has 0 aliphatic carbocycles. The van der Waals surface area contributed by atoms with Crippen molar-refractivity contribution >= 4 is 27.3 Å². The zero-order valence-corrected chi connectivity index (χ0v) is 16.4. The lowest BCUT2D eigenvalue weighted by molar-refractivity contribution is -0.00539. The van der Waals surface area contributed by atoms with Crippen LogP contribution in [0.4, 0.5) is 15.8 Å². The molecule has 2 aromatic carbocycles. The Morgan fingerprint density at radius 1 is 1.14 bits per heavy atom. The van der Waals surface area contributed by atoms with Crippen LogP contribution in [0.15, 0.2) is 47.4 Å². The number of nitrogens with two attached hydrogens (primary N) is 1. The van der Waals surface area contributed by atoms with Gasteiger partial charge in [-0.2, -0.15) is 0 Å². The lowest BCUT2D eigenvalue weighted by Crippen LogP contribution is -2.45. The third-order valence-corrected chi connectivity index (χ3v) is 5.81. The van der Waals surface area contributed by atoms with Crippen molar-refractivity contribution in [1.82, 2.24) is 0 Å². The fourth-order valence-corrected chi connectivity index (χ4v) is 4.26. The maximum atomic E-state index is 14.6. The van der Waals surface area contributed by atoms with Gasteiger partial charge < -0.3 is 15.4 Å². The summed E-state index contributed by atoms with van der Waals surface area (Å²) in [7, 11) is -3.93. The van der Waals surface area contributed by atoms with Crippen molar-refractivity contribution < 1.29 is 22.3 Å². The Labute approximate surface area is 163 Å². The summed E-state index contributed by atoms with van der Waals surface area (Å²) in [6.07, 6.45) is -0.0468. The van der Waals surface area contributed by atoms with Gasteiger partial charge in [-0.05, 0) is 50.2 Å². The average Bonchev–Trinajstić information content (AvgIpc) is 2.60. The first-order chi connectivity index (χ1) is 13.2. The van der Waals surface area contributed by atoms with Gasteiger partial charge in [0.05, 0.1) is 28.5 Å². The van der Waals surface area contributed by atoms with E-state index in [0.717, 1.165) is 6.07 Å². The molecule has 0 unspecified atom stereocenters. The van der Waals surface area contributed by atoms with E-state index in [1.165, 1.54) is 30.3 Å². The molecule has 7 nitrogen and oxygen atoms in total. The van der Waals surface area contributed by atoms with Crippen LogP contribution in [0.2, 0.25) is 0 Å². The van der Waals surface area contributed by atoms with Gasteiger partial charge in [-0.25, -0.2) is 12.8 Å². The van der Waals surface area contributed by atoms with Gasteiger partial charge in [0.15, 0.2) is 0 Å². The third kappa shape index (κ3) is 4.42. The summed E-state index contributed by atoms with van der Waals surface area (Å²) in [6.45, 7) is 4.95. The van der Waals surface area contributed by atoms with Gasteiger partial charge in [0.2, 0.25) is 5.91 Å². The number of nitrogens with zero attached hydrogens (tertiary/aromatic N) is 1. The number of anilines is 2. The third-order valence-electron chi connectivity index (χ3n) is 4.41. The van der Waals surface area contributed by atoms with Gasteiger partial charge in [-0.1, -0.05) is 0 Å². The molecule has 1 fully saturated rings. The van der Waals surface area contributed by atoms with Gasteiger partial charge in [-0.3, -0.25) is 9.52 Å². The van der Waals surface area contributed by atoms with Gasteiger partial charge >= 0.3 is 0 Å². The molecule has 0 saturated carbocycles. The highest BCUT2D eigenvalue weighted by atomic mass is 32.2. The largest absolute Gasteiger partial charge is 0.372 e. The molecule has 3 N–H and O–H groups in total. The minimum absolute atomic E-state index is 0.0234. The highest BCUT2D eigenvalue weighted by molar-refractivity contribution is 7.92. The second-order valence-corrected chi connectivity index (χ2v) is 8.51. The van der Waals surface area contributed by atoms with E-state index >= 15 is 0 Å². The van der Waals surface area contributed by atoms with Gasteiger partial charge in [0, 0.05) is 24.7 Å². The quantitative estimate of drug-likeness (QED) is 0.792. The molecule has 1 heterocycles. The Bertz CT molecular complexity index is 969. The predicted molar refractivity (Wildman–Crippen MR) is 104 cm³/mol. The molecule has 28 heavy (non-hydrogen) atoms. The number of hydrogen-bond donors (Lipinski definition) is 2. The Morgan fingerprint density at radius 3 is 2.29 bits per heavy atom. The number of nitrogens with one attached hydrogen (secondary N) is 1. The van der Waals surface area contributed by atoms with Crippen molar-refractivity contribution in [2.45, 2.75) is 31.0 Å². The number of morpholine rings is 1. The molecule has 0 spiro atoms. The standard InChI is InChI=1S/C19H22FN3O4S/c1-12-10-23(11-13(2)27-12)18-8-5-15(9-17(18)20)22-28(25,26)16-6-3-14(4-7-16)19(21)24/h3-9,12-13,22H,10-11H2,1-2H3,(H2,21,24)/t12-,13+. The zero-order chi connectivity index (χ0) is 20.5. The van der Waals surface area contributed by atoms with E-state index in [2.05, 4.69) is 4.72 Å². The fourth-order valence-electron chi connectivity index (χ4n) is 3.21. The SMILES string of the molecule is C[C@@H]1CN(c2ccc(NS(=O)(=O)c3ccc(C(N)=O)cc3)cc2F)C[C@H](C)O1. The smallest absolute Gasteiger partial charge is 0.261 e. The topological polar surface area (TPSA) is 102 Å². The molecule has 2 aromatic rings. The number of halogens is 1. The number of hydrogen-bond acceptors (Lipinski definition) is 5. The van der Waals surface area contributed by atoms with E-state index in [-0.39, 0.29) is 28.4 Å². The molecule has 1 saturated heterocycles. The van der Waals surface area contributed by atoms with E-state index in [0.29, 0.717) is 18.8 Å². The molecule has 0 aromatic heterocycles. The maximum absolute atomic E-state index is 14.6. The summed E-state index contributed by atoms with van der Waals surface area (Å²) < 4.78 is 47.6. The summed E-state index contributed by atoms with van der Waals surface area (Å²) >= 11 is 0. The van der Waals surface area contributed by atoms with Crippen molar-refractivity contribution in [3.05, 3.63) is 53.8 Å². The second-order valence-electron chi connectivity index (χ2n) is 6.82. The lowest BCUT2D eigenvalue weighted by Gasteiger charge is -2.37. The summed E-state index contributed by atoms with van der Waals surface area (Å²) in [4.78, 5) is 12.9. The van der Waals surface area contributed by atoms with Crippen LogP contribution in [0.5, 0.6) is 0 Å². The molecule has 1 aliphatic rings. The molecule has 2 atom stereocenters. The Kier molecular flexibility index (Phi) is 5.57. The van der Waals surface area contributed by atoms with Crippen LogP contribution < -0.4 is 15.4 Å². The molecule has 3 rings (SSSR count). The van der Waals surface area contributed by atoms with Crippen molar-refractivity contribution in [1.29, 1.82) is 0 Å². The summed E-state index contributed by atoms with van der Waals surface area (Å²) in [5.74, 6) is -1.17. The van der Waals surface area contributed by atoms with Crippen LogP contribution in [0.1, 0.15) is 24.2 Å². The van der Waals surface area contributed by atoms with Crippen molar-refractivity contribution in [3.8, 4) is 0 Å². The number of rotatable bonds is 5. The number of primary amides is 1. The molecular formula is C19H22FN3O4S. The molecule has 0 radical (unpaired) electrons. The number of amides is 1. The van der Waals surface area contributed by atoms with E-state index in [9.17, 15) is 17.6 Å². The number of carbonyl (C=O) groups excluding carboxylic acids is 1. The normalized spacial score (nSPS) is 20.0. The maximum Gasteiger partial charge on any atom is 0.261 e. The zero-order valence-electron chi connectivity index (χ0n) is 15.6. The number of benzene rings is 2. The highest BCUT2D eigenvalue weighted by Gasteiger charge is 2.24. The van der Waals surface area contributed by atoms with Crippen molar-refractivity contribution in [2.24, 2.45) is 5.73 Å². The van der Waals surface area contributed by atoms with Crippen LogP contribution >= 0.6 is 0 Å². The van der Waals surface area contributed by atoms with E-state index < -0.39 is 21.7 Å². The highest BCUT2D eigenvalue weighted by Crippen LogP contribution is 2.27. The first-order valence-electron chi connectivity index (χ1n) is 8.78. The van der Waals surface area contributed by atoms with Crippen LogP contribution in [0, 0.1) is 5.82 Å². The minimum atomic E-state index is -3.93. The summed E-state index contributed by atoms with van der Waals surface area (Å²) in [5, 5.41) is 0. The molecule has 9 heteroatoms.